The van der Waals surface area contributed by atoms with E-state index in [9.17, 15) is 22.4 Å². The molecule has 0 spiro atoms. The second-order valence-electron chi connectivity index (χ2n) is 7.29. The number of carbonyl (C=O) groups excluding carboxylic acids is 2. The molecule has 0 unspecified atom stereocenters. The largest absolute Gasteiger partial charge is 0.379 e. The van der Waals surface area contributed by atoms with Crippen LogP contribution in [0.3, 0.4) is 0 Å². The number of amides is 2. The monoisotopic (exact) mass is 495 g/mol. The molecule has 8 nitrogen and oxygen atoms in total. The van der Waals surface area contributed by atoms with Crippen molar-refractivity contribution < 1.29 is 27.1 Å². The summed E-state index contributed by atoms with van der Waals surface area (Å²) in [6.45, 7) is 0.758. The zero-order valence-corrected chi connectivity index (χ0v) is 19.4. The van der Waals surface area contributed by atoms with Gasteiger partial charge in [-0.1, -0.05) is 23.7 Å². The maximum atomic E-state index is 13.0. The lowest BCUT2D eigenvalue weighted by Gasteiger charge is -2.26. The summed E-state index contributed by atoms with van der Waals surface area (Å²) >= 11 is 6.13. The first-order valence-corrected chi connectivity index (χ1v) is 11.8. The second kappa shape index (κ2) is 10.9. The third-order valence-corrected chi connectivity index (χ3v) is 7.23. The molecule has 0 atom stereocenters. The number of anilines is 1. The average Bonchev–Trinajstić information content (AvgIpc) is 2.80. The van der Waals surface area contributed by atoms with Crippen LogP contribution >= 0.6 is 11.6 Å². The van der Waals surface area contributed by atoms with E-state index in [-0.39, 0.29) is 41.1 Å². The van der Waals surface area contributed by atoms with Crippen LogP contribution in [0.15, 0.2) is 53.4 Å². The van der Waals surface area contributed by atoms with Crippen molar-refractivity contribution in [3.8, 4) is 0 Å². The fourth-order valence-electron chi connectivity index (χ4n) is 3.07. The van der Waals surface area contributed by atoms with Gasteiger partial charge in [-0.05, 0) is 42.0 Å². The number of hydrogen-bond acceptors (Lipinski definition) is 5. The highest BCUT2D eigenvalue weighted by Gasteiger charge is 2.28. The molecule has 0 aromatic heterocycles. The molecule has 1 fully saturated rings. The van der Waals surface area contributed by atoms with Gasteiger partial charge >= 0.3 is 0 Å². The summed E-state index contributed by atoms with van der Waals surface area (Å²) in [6.07, 6.45) is 2.79. The Morgan fingerprint density at radius 1 is 1.18 bits per heavy atom. The fourth-order valence-corrected chi connectivity index (χ4v) is 4.98. The number of halogens is 2. The van der Waals surface area contributed by atoms with Crippen LogP contribution in [0.25, 0.3) is 6.08 Å². The quantitative estimate of drug-likeness (QED) is 0.596. The first kappa shape index (κ1) is 24.8. The molecule has 1 aliphatic heterocycles. The lowest BCUT2D eigenvalue weighted by atomic mass is 10.2. The first-order chi connectivity index (χ1) is 15.7. The van der Waals surface area contributed by atoms with Crippen molar-refractivity contribution in [3.63, 3.8) is 0 Å². The first-order valence-electron chi connectivity index (χ1n) is 10.0. The normalized spacial score (nSPS) is 14.9. The van der Waals surface area contributed by atoms with Crippen LogP contribution in [-0.4, -0.2) is 69.3 Å². The van der Waals surface area contributed by atoms with E-state index in [1.165, 1.54) is 70.9 Å². The Labute approximate surface area is 196 Å². The minimum absolute atomic E-state index is 0.0396. The van der Waals surface area contributed by atoms with Crippen molar-refractivity contribution in [3.05, 3.63) is 64.9 Å². The summed E-state index contributed by atoms with van der Waals surface area (Å²) < 4.78 is 45.3. The van der Waals surface area contributed by atoms with Crippen molar-refractivity contribution in [2.75, 3.05) is 45.2 Å². The van der Waals surface area contributed by atoms with Crippen LogP contribution in [0.2, 0.25) is 5.02 Å². The van der Waals surface area contributed by atoms with Crippen LogP contribution < -0.4 is 5.32 Å². The SMILES string of the molecule is CN(CC(=O)Nc1ccc(Cl)c(S(=O)(=O)N2CCOCC2)c1)C(=O)C=Cc1ccc(F)cc1. The highest BCUT2D eigenvalue weighted by molar-refractivity contribution is 7.89. The smallest absolute Gasteiger partial charge is 0.246 e. The van der Waals surface area contributed by atoms with E-state index >= 15 is 0 Å². The Hall–Kier alpha value is -2.79. The molecule has 2 aromatic carbocycles. The molecule has 1 aliphatic rings. The van der Waals surface area contributed by atoms with Gasteiger partial charge in [0.15, 0.2) is 0 Å². The van der Waals surface area contributed by atoms with Crippen LogP contribution in [-0.2, 0) is 24.3 Å². The van der Waals surface area contributed by atoms with E-state index in [0.29, 0.717) is 18.8 Å². The number of ether oxygens (including phenoxy) is 1. The third-order valence-electron chi connectivity index (χ3n) is 4.85. The van der Waals surface area contributed by atoms with Gasteiger partial charge in [-0.15, -0.1) is 0 Å². The number of likely N-dealkylation sites (N-methyl/N-ethyl adjacent to an activating group) is 1. The molecule has 0 radical (unpaired) electrons. The number of hydrogen-bond donors (Lipinski definition) is 1. The Morgan fingerprint density at radius 2 is 1.85 bits per heavy atom. The van der Waals surface area contributed by atoms with Gasteiger partial charge in [0.2, 0.25) is 21.8 Å². The van der Waals surface area contributed by atoms with Gasteiger partial charge in [0.25, 0.3) is 0 Å². The van der Waals surface area contributed by atoms with Crippen molar-refractivity contribution in [1.82, 2.24) is 9.21 Å². The number of sulfonamides is 1. The van der Waals surface area contributed by atoms with Gasteiger partial charge < -0.3 is 15.0 Å². The second-order valence-corrected chi connectivity index (χ2v) is 9.60. The van der Waals surface area contributed by atoms with Gasteiger partial charge in [-0.3, -0.25) is 9.59 Å². The van der Waals surface area contributed by atoms with Crippen molar-refractivity contribution in [2.45, 2.75) is 4.90 Å². The molecule has 2 aromatic rings. The molecule has 0 bridgehead atoms. The van der Waals surface area contributed by atoms with Crippen molar-refractivity contribution in [2.24, 2.45) is 0 Å². The lowest BCUT2D eigenvalue weighted by Crippen LogP contribution is -2.40. The predicted molar refractivity (Wildman–Crippen MR) is 123 cm³/mol. The topological polar surface area (TPSA) is 96.0 Å². The van der Waals surface area contributed by atoms with Crippen molar-refractivity contribution >= 4 is 45.2 Å². The molecule has 0 saturated carbocycles. The predicted octanol–water partition coefficient (Wildman–Crippen LogP) is 2.61. The number of carbonyl (C=O) groups is 2. The van der Waals surface area contributed by atoms with E-state index in [4.69, 9.17) is 16.3 Å². The Balaban J connectivity index is 1.63. The molecule has 3 rings (SSSR count). The Morgan fingerprint density at radius 3 is 2.52 bits per heavy atom. The molecule has 1 N–H and O–H groups in total. The van der Waals surface area contributed by atoms with Crippen LogP contribution in [0.4, 0.5) is 10.1 Å². The Kier molecular flexibility index (Phi) is 8.20. The maximum absolute atomic E-state index is 13.0. The molecule has 0 aliphatic carbocycles. The molecular formula is C22H23ClFN3O5S. The molecule has 33 heavy (non-hydrogen) atoms. The van der Waals surface area contributed by atoms with Crippen LogP contribution in [0, 0.1) is 5.82 Å². The van der Waals surface area contributed by atoms with E-state index < -0.39 is 21.8 Å². The highest BCUT2D eigenvalue weighted by Crippen LogP contribution is 2.28. The Bertz CT molecular complexity index is 1150. The number of nitrogens with one attached hydrogen (secondary N) is 1. The summed E-state index contributed by atoms with van der Waals surface area (Å²) in [6, 6.07) is 9.77. The molecular weight excluding hydrogens is 473 g/mol. The summed E-state index contributed by atoms with van der Waals surface area (Å²) in [5, 5.41) is 2.63. The summed E-state index contributed by atoms with van der Waals surface area (Å²) in [4.78, 5) is 25.7. The summed E-state index contributed by atoms with van der Waals surface area (Å²) in [5.41, 5.74) is 0.872. The van der Waals surface area contributed by atoms with Gasteiger partial charge in [0, 0.05) is 31.9 Å². The number of rotatable bonds is 7. The van der Waals surface area contributed by atoms with Gasteiger partial charge in [0.05, 0.1) is 24.8 Å². The van der Waals surface area contributed by atoms with E-state index in [1.807, 2.05) is 0 Å². The van der Waals surface area contributed by atoms with E-state index in [0.717, 1.165) is 0 Å². The lowest BCUT2D eigenvalue weighted by molar-refractivity contribution is -0.129. The molecule has 176 valence electrons. The van der Waals surface area contributed by atoms with Crippen LogP contribution in [0.5, 0.6) is 0 Å². The maximum Gasteiger partial charge on any atom is 0.246 e. The zero-order chi connectivity index (χ0) is 24.0. The standard InChI is InChI=1S/C22H23ClFN3O5S/c1-26(22(29)9-4-16-2-5-17(24)6-3-16)15-21(28)25-18-7-8-19(23)20(14-18)33(30,31)27-10-12-32-13-11-27/h2-9,14H,10-13,15H2,1H3,(H,25,28). The van der Waals surface area contributed by atoms with Crippen LogP contribution in [0.1, 0.15) is 5.56 Å². The average molecular weight is 496 g/mol. The van der Waals surface area contributed by atoms with E-state index in [2.05, 4.69) is 5.32 Å². The number of morpholine rings is 1. The van der Waals surface area contributed by atoms with Gasteiger partial charge in [-0.25, -0.2) is 12.8 Å². The fraction of sp³-hybridized carbons (Fsp3) is 0.273. The molecule has 2 amide bonds. The minimum Gasteiger partial charge on any atom is -0.379 e. The number of nitrogens with zero attached hydrogens (tertiary/aromatic N) is 2. The summed E-state index contributed by atoms with van der Waals surface area (Å²) in [5.74, 6) is -1.32. The third kappa shape index (κ3) is 6.61. The molecule has 11 heteroatoms. The van der Waals surface area contributed by atoms with Gasteiger partial charge in [0.1, 0.15) is 10.7 Å². The van der Waals surface area contributed by atoms with Crippen molar-refractivity contribution in [1.29, 1.82) is 0 Å². The number of benzene rings is 2. The molecule has 1 heterocycles. The van der Waals surface area contributed by atoms with E-state index in [1.54, 1.807) is 0 Å². The minimum atomic E-state index is -3.85. The molecule has 1 saturated heterocycles. The summed E-state index contributed by atoms with van der Waals surface area (Å²) in [7, 11) is -2.40. The highest BCUT2D eigenvalue weighted by atomic mass is 35.5. The van der Waals surface area contributed by atoms with Gasteiger partial charge in [-0.2, -0.15) is 4.31 Å². The zero-order valence-electron chi connectivity index (χ0n) is 17.8.